The Balaban J connectivity index is 1.81. The zero-order chi connectivity index (χ0) is 14.9. The molecule has 2 saturated carbocycles. The minimum Gasteiger partial charge on any atom is -0.465 e. The van der Waals surface area contributed by atoms with Crippen molar-refractivity contribution in [3.05, 3.63) is 11.6 Å². The van der Waals surface area contributed by atoms with E-state index in [-0.39, 0.29) is 17.3 Å². The first-order chi connectivity index (χ1) is 9.36. The summed E-state index contributed by atoms with van der Waals surface area (Å²) in [7, 11) is 0. The summed E-state index contributed by atoms with van der Waals surface area (Å²) in [5.74, 6) is 2.28. The Morgan fingerprint density at radius 1 is 1.40 bits per heavy atom. The van der Waals surface area contributed by atoms with E-state index < -0.39 is 0 Å². The normalized spacial score (nSPS) is 34.0. The molecule has 0 aromatic heterocycles. The largest absolute Gasteiger partial charge is 0.465 e. The third-order valence-electron chi connectivity index (χ3n) is 5.71. The summed E-state index contributed by atoms with van der Waals surface area (Å²) >= 11 is 0. The molecular weight excluding hydrogens is 248 g/mol. The van der Waals surface area contributed by atoms with Crippen LogP contribution in [0.4, 0.5) is 0 Å². The third-order valence-corrected chi connectivity index (χ3v) is 5.71. The number of hydrogen-bond donors (Lipinski definition) is 0. The van der Waals surface area contributed by atoms with Crippen LogP contribution < -0.4 is 0 Å². The summed E-state index contributed by atoms with van der Waals surface area (Å²) in [6.07, 6.45) is 6.73. The predicted octanol–water partition coefficient (Wildman–Crippen LogP) is 4.59. The molecule has 2 aliphatic rings. The zero-order valence-electron chi connectivity index (χ0n) is 13.7. The molecule has 0 aromatic carbocycles. The lowest BCUT2D eigenvalue weighted by molar-refractivity contribution is -0.153. The van der Waals surface area contributed by atoms with Gasteiger partial charge in [0.25, 0.3) is 0 Å². The SMILES string of the molecule is CC(C)=CCC(C)C1C(C)C1(C)COC(=O)C1CCC1. The quantitative estimate of drug-likeness (QED) is 0.524. The van der Waals surface area contributed by atoms with Crippen LogP contribution >= 0.6 is 0 Å². The van der Waals surface area contributed by atoms with Gasteiger partial charge in [0.15, 0.2) is 0 Å². The van der Waals surface area contributed by atoms with Crippen LogP contribution in [0.15, 0.2) is 11.6 Å². The molecule has 2 aliphatic carbocycles. The first-order valence-electron chi connectivity index (χ1n) is 8.16. The fourth-order valence-corrected chi connectivity index (χ4v) is 3.77. The molecule has 0 N–H and O–H groups in total. The van der Waals surface area contributed by atoms with Gasteiger partial charge in [-0.15, -0.1) is 0 Å². The van der Waals surface area contributed by atoms with Crippen LogP contribution in [0.1, 0.15) is 60.3 Å². The van der Waals surface area contributed by atoms with Gasteiger partial charge in [-0.05, 0) is 50.9 Å². The molecule has 2 nitrogen and oxygen atoms in total. The van der Waals surface area contributed by atoms with Gasteiger partial charge in [0.1, 0.15) is 0 Å². The Morgan fingerprint density at radius 2 is 2.05 bits per heavy atom. The lowest BCUT2D eigenvalue weighted by Gasteiger charge is -2.24. The number of esters is 1. The summed E-state index contributed by atoms with van der Waals surface area (Å²) in [5, 5.41) is 0. The minimum absolute atomic E-state index is 0.0484. The van der Waals surface area contributed by atoms with E-state index in [0.717, 1.165) is 19.3 Å². The molecule has 2 rings (SSSR count). The zero-order valence-corrected chi connectivity index (χ0v) is 13.7. The summed E-state index contributed by atoms with van der Waals surface area (Å²) in [5.41, 5.74) is 1.59. The molecule has 114 valence electrons. The van der Waals surface area contributed by atoms with Gasteiger partial charge in [-0.2, -0.15) is 0 Å². The number of carbonyl (C=O) groups excluding carboxylic acids is 1. The molecule has 0 amide bonds. The summed E-state index contributed by atoms with van der Waals surface area (Å²) in [4.78, 5) is 11.9. The van der Waals surface area contributed by atoms with Crippen molar-refractivity contribution in [2.75, 3.05) is 6.61 Å². The number of hydrogen-bond acceptors (Lipinski definition) is 2. The smallest absolute Gasteiger partial charge is 0.308 e. The second-order valence-corrected chi connectivity index (χ2v) is 7.55. The Hall–Kier alpha value is -0.790. The van der Waals surface area contributed by atoms with Crippen LogP contribution in [0.25, 0.3) is 0 Å². The van der Waals surface area contributed by atoms with Gasteiger partial charge in [0.05, 0.1) is 12.5 Å². The lowest BCUT2D eigenvalue weighted by atomic mass is 9.85. The van der Waals surface area contributed by atoms with Crippen molar-refractivity contribution in [1.29, 1.82) is 0 Å². The number of ether oxygens (including phenoxy) is 1. The van der Waals surface area contributed by atoms with Gasteiger partial charge in [0.2, 0.25) is 0 Å². The van der Waals surface area contributed by atoms with E-state index in [9.17, 15) is 4.79 Å². The first-order valence-corrected chi connectivity index (χ1v) is 8.16. The second-order valence-electron chi connectivity index (χ2n) is 7.55. The first kappa shape index (κ1) is 15.6. The maximum absolute atomic E-state index is 11.9. The Morgan fingerprint density at radius 3 is 2.55 bits per heavy atom. The average Bonchev–Trinajstić information content (AvgIpc) is 2.84. The highest BCUT2D eigenvalue weighted by molar-refractivity contribution is 5.73. The second kappa shape index (κ2) is 5.91. The maximum Gasteiger partial charge on any atom is 0.308 e. The van der Waals surface area contributed by atoms with E-state index in [1.807, 2.05) is 0 Å². The van der Waals surface area contributed by atoms with E-state index in [4.69, 9.17) is 4.74 Å². The topological polar surface area (TPSA) is 26.3 Å². The van der Waals surface area contributed by atoms with Crippen LogP contribution in [-0.2, 0) is 9.53 Å². The molecular formula is C18H30O2. The van der Waals surface area contributed by atoms with Gasteiger partial charge in [-0.25, -0.2) is 0 Å². The molecule has 20 heavy (non-hydrogen) atoms. The fourth-order valence-electron chi connectivity index (χ4n) is 3.77. The molecule has 0 spiro atoms. The van der Waals surface area contributed by atoms with E-state index in [1.165, 1.54) is 12.0 Å². The fraction of sp³-hybridized carbons (Fsp3) is 0.833. The van der Waals surface area contributed by atoms with Crippen LogP contribution in [-0.4, -0.2) is 12.6 Å². The van der Waals surface area contributed by atoms with Crippen LogP contribution in [0.5, 0.6) is 0 Å². The standard InChI is InChI=1S/C18H30O2/c1-12(2)9-10-13(3)16-14(4)18(16,5)11-20-17(19)15-7-6-8-15/h9,13-16H,6-8,10-11H2,1-5H3. The van der Waals surface area contributed by atoms with Crippen LogP contribution in [0.3, 0.4) is 0 Å². The average molecular weight is 278 g/mol. The monoisotopic (exact) mass is 278 g/mol. The lowest BCUT2D eigenvalue weighted by Crippen LogP contribution is -2.27. The summed E-state index contributed by atoms with van der Waals surface area (Å²) < 4.78 is 5.59. The molecule has 0 heterocycles. The van der Waals surface area contributed by atoms with Gasteiger partial charge < -0.3 is 4.74 Å². The number of rotatable bonds is 6. The highest BCUT2D eigenvalue weighted by Crippen LogP contribution is 2.62. The van der Waals surface area contributed by atoms with E-state index in [2.05, 4.69) is 40.7 Å². The highest BCUT2D eigenvalue weighted by atomic mass is 16.5. The van der Waals surface area contributed by atoms with Crippen LogP contribution in [0.2, 0.25) is 0 Å². The van der Waals surface area contributed by atoms with Crippen molar-refractivity contribution in [3.8, 4) is 0 Å². The molecule has 0 radical (unpaired) electrons. The molecule has 2 fully saturated rings. The Kier molecular flexibility index (Phi) is 4.61. The summed E-state index contributed by atoms with van der Waals surface area (Å²) in [6, 6.07) is 0. The number of carbonyl (C=O) groups is 1. The predicted molar refractivity (Wildman–Crippen MR) is 82.3 cm³/mol. The van der Waals surface area contributed by atoms with Gasteiger partial charge in [0, 0.05) is 5.41 Å². The molecule has 0 aromatic rings. The van der Waals surface area contributed by atoms with Crippen molar-refractivity contribution >= 4 is 5.97 Å². The molecule has 4 unspecified atom stereocenters. The molecule has 0 saturated heterocycles. The Bertz CT molecular complexity index is 390. The molecule has 0 bridgehead atoms. The maximum atomic E-state index is 11.9. The van der Waals surface area contributed by atoms with Gasteiger partial charge in [-0.3, -0.25) is 4.79 Å². The van der Waals surface area contributed by atoms with Crippen molar-refractivity contribution in [2.45, 2.75) is 60.3 Å². The van der Waals surface area contributed by atoms with Crippen molar-refractivity contribution in [2.24, 2.45) is 29.1 Å². The highest BCUT2D eigenvalue weighted by Gasteiger charge is 2.60. The molecule has 4 atom stereocenters. The minimum atomic E-state index is 0.0484. The van der Waals surface area contributed by atoms with E-state index in [1.54, 1.807) is 0 Å². The summed E-state index contributed by atoms with van der Waals surface area (Å²) in [6.45, 7) is 11.9. The van der Waals surface area contributed by atoms with Gasteiger partial charge >= 0.3 is 5.97 Å². The van der Waals surface area contributed by atoms with Crippen LogP contribution in [0, 0.1) is 29.1 Å². The molecule has 0 aliphatic heterocycles. The van der Waals surface area contributed by atoms with Crippen molar-refractivity contribution in [1.82, 2.24) is 0 Å². The Labute approximate surface area is 124 Å². The van der Waals surface area contributed by atoms with Crippen molar-refractivity contribution in [3.63, 3.8) is 0 Å². The third kappa shape index (κ3) is 3.10. The number of allylic oxidation sites excluding steroid dienone is 2. The van der Waals surface area contributed by atoms with E-state index in [0.29, 0.717) is 24.4 Å². The van der Waals surface area contributed by atoms with Gasteiger partial charge in [-0.1, -0.05) is 38.8 Å². The van der Waals surface area contributed by atoms with E-state index >= 15 is 0 Å². The molecule has 2 heteroatoms. The van der Waals surface area contributed by atoms with Crippen molar-refractivity contribution < 1.29 is 9.53 Å².